The Labute approximate surface area is 136 Å². The molecule has 23 heavy (non-hydrogen) atoms. The van der Waals surface area contributed by atoms with Gasteiger partial charge in [0.1, 0.15) is 11.6 Å². The lowest BCUT2D eigenvalue weighted by molar-refractivity contribution is -0.116. The number of rotatable bonds is 5. The van der Waals surface area contributed by atoms with Crippen molar-refractivity contribution in [1.82, 2.24) is 5.32 Å². The fraction of sp³-hybridized carbons (Fsp3) is 0.125. The van der Waals surface area contributed by atoms with Crippen LogP contribution in [0.2, 0.25) is 5.02 Å². The van der Waals surface area contributed by atoms with Crippen LogP contribution in [-0.4, -0.2) is 18.4 Å². The van der Waals surface area contributed by atoms with Crippen molar-refractivity contribution in [2.75, 3.05) is 11.9 Å². The fourth-order valence-electron chi connectivity index (χ4n) is 1.84. The van der Waals surface area contributed by atoms with Gasteiger partial charge in [0.05, 0.1) is 0 Å². The average Bonchev–Trinajstić information content (AvgIpc) is 2.46. The molecular weight excluding hydrogens is 326 g/mol. The zero-order chi connectivity index (χ0) is 16.8. The highest BCUT2D eigenvalue weighted by atomic mass is 35.5. The smallest absolute Gasteiger partial charge is 0.251 e. The van der Waals surface area contributed by atoms with Crippen LogP contribution in [0.15, 0.2) is 42.5 Å². The summed E-state index contributed by atoms with van der Waals surface area (Å²) in [5, 5.41) is 5.44. The Bertz CT molecular complexity index is 700. The number of nitrogens with one attached hydrogen (secondary N) is 2. The van der Waals surface area contributed by atoms with Crippen molar-refractivity contribution in [2.24, 2.45) is 0 Å². The number of carbonyl (C=O) groups excluding carboxylic acids is 2. The number of carbonyl (C=O) groups is 2. The molecule has 2 N–H and O–H groups in total. The summed E-state index contributed by atoms with van der Waals surface area (Å²) in [5.74, 6) is -2.37. The summed E-state index contributed by atoms with van der Waals surface area (Å²) >= 11 is 5.72. The van der Waals surface area contributed by atoms with Crippen LogP contribution in [0.25, 0.3) is 0 Å². The highest BCUT2D eigenvalue weighted by Crippen LogP contribution is 2.13. The minimum Gasteiger partial charge on any atom is -0.352 e. The van der Waals surface area contributed by atoms with E-state index in [1.807, 2.05) is 0 Å². The highest BCUT2D eigenvalue weighted by molar-refractivity contribution is 6.30. The Kier molecular flexibility index (Phi) is 5.65. The molecule has 2 rings (SSSR count). The van der Waals surface area contributed by atoms with E-state index in [9.17, 15) is 18.4 Å². The van der Waals surface area contributed by atoms with Gasteiger partial charge < -0.3 is 10.6 Å². The Morgan fingerprint density at radius 1 is 1.00 bits per heavy atom. The zero-order valence-electron chi connectivity index (χ0n) is 11.9. The minimum absolute atomic E-state index is 0.0246. The van der Waals surface area contributed by atoms with Gasteiger partial charge in [-0.25, -0.2) is 8.78 Å². The summed E-state index contributed by atoms with van der Waals surface area (Å²) in [6.07, 6.45) is -0.0303. The maximum atomic E-state index is 13.0. The molecule has 0 aromatic heterocycles. The predicted molar refractivity (Wildman–Crippen MR) is 83.4 cm³/mol. The summed E-state index contributed by atoms with van der Waals surface area (Å²) < 4.78 is 26.0. The van der Waals surface area contributed by atoms with Crippen molar-refractivity contribution >= 4 is 29.1 Å². The van der Waals surface area contributed by atoms with Crippen molar-refractivity contribution < 1.29 is 18.4 Å². The molecule has 120 valence electrons. The van der Waals surface area contributed by atoms with Crippen LogP contribution in [0, 0.1) is 11.6 Å². The van der Waals surface area contributed by atoms with Gasteiger partial charge in [0, 0.05) is 35.3 Å². The van der Waals surface area contributed by atoms with Crippen molar-refractivity contribution in [3.05, 3.63) is 64.7 Å². The zero-order valence-corrected chi connectivity index (χ0v) is 12.7. The number of hydrogen-bond donors (Lipinski definition) is 2. The Hall–Kier alpha value is -2.47. The first kappa shape index (κ1) is 16.9. The van der Waals surface area contributed by atoms with Gasteiger partial charge in [-0.15, -0.1) is 0 Å². The molecule has 0 saturated heterocycles. The molecule has 4 nitrogen and oxygen atoms in total. The second-order valence-corrected chi connectivity index (χ2v) is 5.16. The molecule has 2 amide bonds. The molecule has 0 aliphatic heterocycles. The minimum atomic E-state index is -0.781. The van der Waals surface area contributed by atoms with Crippen molar-refractivity contribution in [2.45, 2.75) is 6.42 Å². The molecule has 0 saturated carbocycles. The third-order valence-corrected chi connectivity index (χ3v) is 3.14. The first-order chi connectivity index (χ1) is 10.9. The van der Waals surface area contributed by atoms with Gasteiger partial charge >= 0.3 is 0 Å². The fourth-order valence-corrected chi connectivity index (χ4v) is 1.97. The summed E-state index contributed by atoms with van der Waals surface area (Å²) in [6, 6.07) is 9.02. The second kappa shape index (κ2) is 7.69. The molecular formula is C16H13ClF2N2O2. The van der Waals surface area contributed by atoms with E-state index in [0.717, 1.165) is 12.1 Å². The number of benzene rings is 2. The lowest BCUT2D eigenvalue weighted by Gasteiger charge is -2.07. The summed E-state index contributed by atoms with van der Waals surface area (Å²) in [4.78, 5) is 23.5. The van der Waals surface area contributed by atoms with Gasteiger partial charge in [-0.1, -0.05) is 11.6 Å². The average molecular weight is 339 g/mol. The molecule has 0 heterocycles. The van der Waals surface area contributed by atoms with Crippen molar-refractivity contribution in [3.63, 3.8) is 0 Å². The van der Waals surface area contributed by atoms with Crippen LogP contribution in [0.1, 0.15) is 16.8 Å². The van der Waals surface area contributed by atoms with Gasteiger partial charge in [-0.3, -0.25) is 9.59 Å². The Morgan fingerprint density at radius 3 is 2.22 bits per heavy atom. The van der Waals surface area contributed by atoms with E-state index < -0.39 is 17.5 Å². The van der Waals surface area contributed by atoms with Crippen LogP contribution in [-0.2, 0) is 4.79 Å². The molecule has 0 atom stereocenters. The molecule has 0 fully saturated rings. The SMILES string of the molecule is O=C(CCNC(=O)c1ccc(Cl)cc1)Nc1cc(F)cc(F)c1. The molecule has 0 spiro atoms. The van der Waals surface area contributed by atoms with Crippen molar-refractivity contribution in [3.8, 4) is 0 Å². The monoisotopic (exact) mass is 338 g/mol. The maximum Gasteiger partial charge on any atom is 0.251 e. The van der Waals surface area contributed by atoms with Gasteiger partial charge in [0.25, 0.3) is 5.91 Å². The third kappa shape index (κ3) is 5.34. The molecule has 2 aromatic carbocycles. The lowest BCUT2D eigenvalue weighted by atomic mass is 10.2. The molecule has 0 unspecified atom stereocenters. The normalized spacial score (nSPS) is 10.2. The van der Waals surface area contributed by atoms with E-state index in [1.165, 1.54) is 0 Å². The van der Waals surface area contributed by atoms with E-state index in [0.29, 0.717) is 16.7 Å². The number of hydrogen-bond acceptors (Lipinski definition) is 2. The standard InChI is InChI=1S/C16H13ClF2N2O2/c17-11-3-1-10(2-4-11)16(23)20-6-5-15(22)21-14-8-12(18)7-13(19)9-14/h1-4,7-9H,5-6H2,(H,20,23)(H,21,22). The Morgan fingerprint density at radius 2 is 1.61 bits per heavy atom. The molecule has 0 radical (unpaired) electrons. The van der Waals surface area contributed by atoms with Gasteiger partial charge in [0.2, 0.25) is 5.91 Å². The summed E-state index contributed by atoms with van der Waals surface area (Å²) in [7, 11) is 0. The van der Waals surface area contributed by atoms with Gasteiger partial charge in [-0.2, -0.15) is 0 Å². The van der Waals surface area contributed by atoms with E-state index in [4.69, 9.17) is 11.6 Å². The molecule has 2 aromatic rings. The molecule has 0 bridgehead atoms. The molecule has 7 heteroatoms. The predicted octanol–water partition coefficient (Wildman–Crippen LogP) is 3.38. The molecule has 0 aliphatic carbocycles. The van der Waals surface area contributed by atoms with Gasteiger partial charge in [-0.05, 0) is 36.4 Å². The largest absolute Gasteiger partial charge is 0.352 e. The second-order valence-electron chi connectivity index (χ2n) is 4.72. The molecule has 0 aliphatic rings. The Balaban J connectivity index is 1.80. The number of amides is 2. The van der Waals surface area contributed by atoms with Crippen LogP contribution in [0.4, 0.5) is 14.5 Å². The van der Waals surface area contributed by atoms with E-state index in [1.54, 1.807) is 24.3 Å². The summed E-state index contributed by atoms with van der Waals surface area (Å²) in [5.41, 5.74) is 0.443. The number of anilines is 1. The van der Waals surface area contributed by atoms with Crippen LogP contribution in [0.3, 0.4) is 0 Å². The van der Waals surface area contributed by atoms with Gasteiger partial charge in [0.15, 0.2) is 0 Å². The highest BCUT2D eigenvalue weighted by Gasteiger charge is 2.08. The van der Waals surface area contributed by atoms with E-state index in [-0.39, 0.29) is 24.6 Å². The van der Waals surface area contributed by atoms with E-state index >= 15 is 0 Å². The lowest BCUT2D eigenvalue weighted by Crippen LogP contribution is -2.27. The third-order valence-electron chi connectivity index (χ3n) is 2.89. The number of halogens is 3. The topological polar surface area (TPSA) is 58.2 Å². The van der Waals surface area contributed by atoms with Crippen LogP contribution in [0.5, 0.6) is 0 Å². The first-order valence-corrected chi connectivity index (χ1v) is 7.11. The summed E-state index contributed by atoms with van der Waals surface area (Å²) in [6.45, 7) is 0.0884. The quantitative estimate of drug-likeness (QED) is 0.878. The van der Waals surface area contributed by atoms with Crippen molar-refractivity contribution in [1.29, 1.82) is 0 Å². The van der Waals surface area contributed by atoms with E-state index in [2.05, 4.69) is 10.6 Å². The van der Waals surface area contributed by atoms with Crippen LogP contribution >= 0.6 is 11.6 Å². The van der Waals surface area contributed by atoms with Crippen LogP contribution < -0.4 is 10.6 Å². The maximum absolute atomic E-state index is 13.0. The first-order valence-electron chi connectivity index (χ1n) is 6.74.